The second-order valence-corrected chi connectivity index (χ2v) is 6.41. The lowest BCUT2D eigenvalue weighted by Gasteiger charge is -2.17. The number of anilines is 1. The van der Waals surface area contributed by atoms with E-state index < -0.39 is 0 Å². The fraction of sp³-hybridized carbons (Fsp3) is 0.300. The maximum Gasteiger partial charge on any atom is 0.258 e. The lowest BCUT2D eigenvalue weighted by Crippen LogP contribution is -2.39. The van der Waals surface area contributed by atoms with E-state index in [1.807, 2.05) is 62.4 Å². The predicted molar refractivity (Wildman–Crippen MR) is 96.8 cm³/mol. The van der Waals surface area contributed by atoms with Crippen molar-refractivity contribution in [1.82, 2.24) is 5.32 Å². The molecule has 1 aliphatic heterocycles. The smallest absolute Gasteiger partial charge is 0.258 e. The summed E-state index contributed by atoms with van der Waals surface area (Å²) in [5.41, 5.74) is 3.15. The van der Waals surface area contributed by atoms with E-state index in [0.717, 1.165) is 16.8 Å². The number of rotatable bonds is 5. The molecule has 2 amide bonds. The first-order valence-corrected chi connectivity index (χ1v) is 8.37. The van der Waals surface area contributed by atoms with Gasteiger partial charge in [-0.3, -0.25) is 9.59 Å². The van der Waals surface area contributed by atoms with Gasteiger partial charge in [0.25, 0.3) is 5.91 Å². The quantitative estimate of drug-likeness (QED) is 0.912. The highest BCUT2D eigenvalue weighted by Gasteiger charge is 2.31. The third-order valence-corrected chi connectivity index (χ3v) is 4.23. The minimum atomic E-state index is -0.218. The molecule has 130 valence electrons. The Kier molecular flexibility index (Phi) is 5.03. The highest BCUT2D eigenvalue weighted by atomic mass is 16.5. The van der Waals surface area contributed by atoms with E-state index in [2.05, 4.69) is 5.32 Å². The van der Waals surface area contributed by atoms with Crippen LogP contribution in [0.15, 0.2) is 48.5 Å². The highest BCUT2D eigenvalue weighted by molar-refractivity contribution is 5.96. The summed E-state index contributed by atoms with van der Waals surface area (Å²) >= 11 is 0. The number of ether oxygens (including phenoxy) is 1. The summed E-state index contributed by atoms with van der Waals surface area (Å²) in [5.74, 6) is 0.460. The number of hydrogen-bond donors (Lipinski definition) is 1. The zero-order valence-corrected chi connectivity index (χ0v) is 14.5. The van der Waals surface area contributed by atoms with Crippen LogP contribution in [0.1, 0.15) is 17.5 Å². The molecule has 1 N–H and O–H groups in total. The second kappa shape index (κ2) is 7.38. The van der Waals surface area contributed by atoms with Gasteiger partial charge in [-0.2, -0.15) is 0 Å². The molecule has 0 unspecified atom stereocenters. The lowest BCUT2D eigenvalue weighted by atomic mass is 10.2. The molecule has 2 aromatic carbocycles. The number of carbonyl (C=O) groups is 2. The molecule has 25 heavy (non-hydrogen) atoms. The number of nitrogens with one attached hydrogen (secondary N) is 1. The zero-order chi connectivity index (χ0) is 17.8. The van der Waals surface area contributed by atoms with Crippen LogP contribution in [0.2, 0.25) is 0 Å². The SMILES string of the molecule is Cc1ccc(OCC(=O)N[C@H]2CC(=O)N(c3ccc(C)cc3)C2)cc1. The van der Waals surface area contributed by atoms with E-state index in [-0.39, 0.29) is 24.5 Å². The van der Waals surface area contributed by atoms with Crippen LogP contribution in [0, 0.1) is 13.8 Å². The van der Waals surface area contributed by atoms with Crippen molar-refractivity contribution in [2.75, 3.05) is 18.1 Å². The van der Waals surface area contributed by atoms with Crippen molar-refractivity contribution in [2.24, 2.45) is 0 Å². The van der Waals surface area contributed by atoms with Gasteiger partial charge in [-0.1, -0.05) is 35.4 Å². The van der Waals surface area contributed by atoms with Gasteiger partial charge in [-0.15, -0.1) is 0 Å². The predicted octanol–water partition coefficient (Wildman–Crippen LogP) is 2.60. The molecule has 0 radical (unpaired) electrons. The van der Waals surface area contributed by atoms with Gasteiger partial charge in [0.15, 0.2) is 6.61 Å². The van der Waals surface area contributed by atoms with E-state index in [1.54, 1.807) is 4.90 Å². The van der Waals surface area contributed by atoms with Crippen LogP contribution in [-0.4, -0.2) is 31.0 Å². The molecule has 1 saturated heterocycles. The van der Waals surface area contributed by atoms with Crippen LogP contribution in [0.3, 0.4) is 0 Å². The van der Waals surface area contributed by atoms with Gasteiger partial charge in [0.1, 0.15) is 5.75 Å². The van der Waals surface area contributed by atoms with Crippen LogP contribution in [0.5, 0.6) is 5.75 Å². The van der Waals surface area contributed by atoms with Gasteiger partial charge in [0.05, 0.1) is 6.04 Å². The van der Waals surface area contributed by atoms with Crippen molar-refractivity contribution in [3.63, 3.8) is 0 Å². The van der Waals surface area contributed by atoms with Gasteiger partial charge in [0.2, 0.25) is 5.91 Å². The summed E-state index contributed by atoms with van der Waals surface area (Å²) in [6.45, 7) is 4.43. The van der Waals surface area contributed by atoms with Crippen LogP contribution in [0.25, 0.3) is 0 Å². The molecule has 0 saturated carbocycles. The summed E-state index contributed by atoms with van der Waals surface area (Å²) in [7, 11) is 0. The second-order valence-electron chi connectivity index (χ2n) is 6.41. The van der Waals surface area contributed by atoms with E-state index in [9.17, 15) is 9.59 Å². The number of benzene rings is 2. The molecule has 0 aromatic heterocycles. The van der Waals surface area contributed by atoms with Crippen molar-refractivity contribution in [3.05, 3.63) is 59.7 Å². The van der Waals surface area contributed by atoms with Crippen LogP contribution < -0.4 is 15.0 Å². The molecule has 2 aromatic rings. The average molecular weight is 338 g/mol. The van der Waals surface area contributed by atoms with Gasteiger partial charge in [-0.25, -0.2) is 0 Å². The summed E-state index contributed by atoms with van der Waals surface area (Å²) in [4.78, 5) is 26.0. The molecule has 1 fully saturated rings. The number of carbonyl (C=O) groups excluding carboxylic acids is 2. The Hall–Kier alpha value is -2.82. The normalized spacial score (nSPS) is 16.8. The fourth-order valence-corrected chi connectivity index (χ4v) is 2.83. The van der Waals surface area contributed by atoms with Crippen molar-refractivity contribution in [2.45, 2.75) is 26.3 Å². The molecule has 0 spiro atoms. The number of aryl methyl sites for hydroxylation is 2. The van der Waals surface area contributed by atoms with Gasteiger partial charge in [0, 0.05) is 18.7 Å². The Morgan fingerprint density at radius 1 is 1.08 bits per heavy atom. The van der Waals surface area contributed by atoms with Crippen molar-refractivity contribution >= 4 is 17.5 Å². The molecule has 1 atom stereocenters. The Morgan fingerprint density at radius 2 is 1.68 bits per heavy atom. The van der Waals surface area contributed by atoms with E-state index in [1.165, 1.54) is 0 Å². The molecule has 1 aliphatic rings. The first-order chi connectivity index (χ1) is 12.0. The van der Waals surface area contributed by atoms with Gasteiger partial charge >= 0.3 is 0 Å². The van der Waals surface area contributed by atoms with Crippen molar-refractivity contribution in [1.29, 1.82) is 0 Å². The molecule has 5 nitrogen and oxygen atoms in total. The van der Waals surface area contributed by atoms with Crippen LogP contribution in [-0.2, 0) is 9.59 Å². The Labute approximate surface area is 147 Å². The third kappa shape index (κ3) is 4.38. The first kappa shape index (κ1) is 17.0. The van der Waals surface area contributed by atoms with Gasteiger partial charge in [-0.05, 0) is 38.1 Å². The highest BCUT2D eigenvalue weighted by Crippen LogP contribution is 2.22. The summed E-state index contributed by atoms with van der Waals surface area (Å²) < 4.78 is 5.47. The summed E-state index contributed by atoms with van der Waals surface area (Å²) in [5, 5.41) is 2.88. The molecular weight excluding hydrogens is 316 g/mol. The largest absolute Gasteiger partial charge is 0.484 e. The number of amides is 2. The third-order valence-electron chi connectivity index (χ3n) is 4.23. The minimum absolute atomic E-state index is 0.0219. The van der Waals surface area contributed by atoms with E-state index in [0.29, 0.717) is 18.7 Å². The van der Waals surface area contributed by atoms with Crippen molar-refractivity contribution < 1.29 is 14.3 Å². The zero-order valence-electron chi connectivity index (χ0n) is 14.5. The monoisotopic (exact) mass is 338 g/mol. The molecular formula is C20H22N2O3. The maximum atomic E-state index is 12.2. The molecule has 3 rings (SSSR count). The fourth-order valence-electron chi connectivity index (χ4n) is 2.83. The summed E-state index contributed by atoms with van der Waals surface area (Å²) in [6.07, 6.45) is 0.310. The first-order valence-electron chi connectivity index (χ1n) is 8.37. The van der Waals surface area contributed by atoms with Gasteiger partial charge < -0.3 is 15.0 Å². The molecule has 0 aliphatic carbocycles. The Morgan fingerprint density at radius 3 is 2.32 bits per heavy atom. The number of nitrogens with zero attached hydrogens (tertiary/aromatic N) is 1. The summed E-state index contributed by atoms with van der Waals surface area (Å²) in [6, 6.07) is 15.2. The van der Waals surface area contributed by atoms with Crippen molar-refractivity contribution in [3.8, 4) is 5.75 Å². The van der Waals surface area contributed by atoms with Crippen LogP contribution >= 0.6 is 0 Å². The minimum Gasteiger partial charge on any atom is -0.484 e. The standard InChI is InChI=1S/C20H22N2O3/c1-14-3-7-17(8-4-14)22-12-16(11-20(22)24)21-19(23)13-25-18-9-5-15(2)6-10-18/h3-10,16H,11-13H2,1-2H3,(H,21,23)/t16-/m0/s1. The molecule has 1 heterocycles. The van der Waals surface area contributed by atoms with E-state index in [4.69, 9.17) is 4.74 Å². The topological polar surface area (TPSA) is 58.6 Å². The molecule has 0 bridgehead atoms. The maximum absolute atomic E-state index is 12.2. The van der Waals surface area contributed by atoms with Crippen LogP contribution in [0.4, 0.5) is 5.69 Å². The van der Waals surface area contributed by atoms with E-state index >= 15 is 0 Å². The number of hydrogen-bond acceptors (Lipinski definition) is 3. The lowest BCUT2D eigenvalue weighted by molar-refractivity contribution is -0.123. The Bertz CT molecular complexity index is 754. The Balaban J connectivity index is 1.51. The average Bonchev–Trinajstić information content (AvgIpc) is 2.95. The molecule has 5 heteroatoms.